The molecule has 1 aliphatic rings. The van der Waals surface area contributed by atoms with E-state index in [-0.39, 0.29) is 23.9 Å². The third-order valence-electron chi connectivity index (χ3n) is 3.91. The van der Waals surface area contributed by atoms with Gasteiger partial charge in [0.2, 0.25) is 0 Å². The van der Waals surface area contributed by atoms with Gasteiger partial charge in [0.25, 0.3) is 0 Å². The summed E-state index contributed by atoms with van der Waals surface area (Å²) >= 11 is 0. The van der Waals surface area contributed by atoms with Crippen LogP contribution >= 0.6 is 0 Å². The Labute approximate surface area is 137 Å². The highest BCUT2D eigenvalue weighted by Gasteiger charge is 2.36. The zero-order valence-electron chi connectivity index (χ0n) is 14.2. The summed E-state index contributed by atoms with van der Waals surface area (Å²) in [6.45, 7) is 6.39. The molecule has 0 bridgehead atoms. The van der Waals surface area contributed by atoms with E-state index in [2.05, 4.69) is 0 Å². The molecule has 1 aliphatic heterocycles. The van der Waals surface area contributed by atoms with Crippen LogP contribution in [0.25, 0.3) is 0 Å². The third kappa shape index (κ3) is 4.71. The van der Waals surface area contributed by atoms with Crippen LogP contribution < -0.4 is 0 Å². The maximum absolute atomic E-state index is 12.4. The number of carbonyl (C=O) groups is 2. The molecule has 1 heterocycles. The fourth-order valence-electron chi connectivity index (χ4n) is 2.88. The van der Waals surface area contributed by atoms with Crippen molar-refractivity contribution in [2.24, 2.45) is 5.92 Å². The SMILES string of the molecule is COC(=O)C1CC(c2ccccc2)CN(C(=O)OC(C)(C)C)C1. The van der Waals surface area contributed by atoms with Gasteiger partial charge in [-0.3, -0.25) is 4.79 Å². The second kappa shape index (κ2) is 7.02. The monoisotopic (exact) mass is 319 g/mol. The topological polar surface area (TPSA) is 55.8 Å². The van der Waals surface area contributed by atoms with E-state index in [1.807, 2.05) is 51.1 Å². The van der Waals surface area contributed by atoms with E-state index < -0.39 is 5.60 Å². The van der Waals surface area contributed by atoms with E-state index in [0.717, 1.165) is 5.56 Å². The van der Waals surface area contributed by atoms with Gasteiger partial charge < -0.3 is 14.4 Å². The minimum atomic E-state index is -0.558. The zero-order chi connectivity index (χ0) is 17.0. The molecule has 0 radical (unpaired) electrons. The lowest BCUT2D eigenvalue weighted by molar-refractivity contribution is -0.147. The van der Waals surface area contributed by atoms with Gasteiger partial charge in [-0.05, 0) is 32.8 Å². The van der Waals surface area contributed by atoms with Gasteiger partial charge in [-0.2, -0.15) is 0 Å². The summed E-state index contributed by atoms with van der Waals surface area (Å²) in [6, 6.07) is 9.94. The summed E-state index contributed by atoms with van der Waals surface area (Å²) in [5, 5.41) is 0. The minimum Gasteiger partial charge on any atom is -0.469 e. The molecule has 2 unspecified atom stereocenters. The van der Waals surface area contributed by atoms with Gasteiger partial charge in [-0.25, -0.2) is 4.79 Å². The van der Waals surface area contributed by atoms with Crippen LogP contribution in [0.4, 0.5) is 4.79 Å². The number of methoxy groups -OCH3 is 1. The van der Waals surface area contributed by atoms with Crippen molar-refractivity contribution in [3.05, 3.63) is 35.9 Å². The summed E-state index contributed by atoms with van der Waals surface area (Å²) < 4.78 is 10.3. The number of ether oxygens (including phenoxy) is 2. The molecule has 1 aromatic rings. The Bertz CT molecular complexity index is 550. The normalized spacial score (nSPS) is 21.7. The number of piperidine rings is 1. The molecule has 0 spiro atoms. The fraction of sp³-hybridized carbons (Fsp3) is 0.556. The molecule has 1 aromatic carbocycles. The highest BCUT2D eigenvalue weighted by atomic mass is 16.6. The van der Waals surface area contributed by atoms with E-state index in [0.29, 0.717) is 19.5 Å². The molecule has 0 saturated carbocycles. The first-order valence-electron chi connectivity index (χ1n) is 7.91. The van der Waals surface area contributed by atoms with E-state index in [1.165, 1.54) is 7.11 Å². The number of likely N-dealkylation sites (tertiary alicyclic amines) is 1. The van der Waals surface area contributed by atoms with Crippen molar-refractivity contribution < 1.29 is 19.1 Å². The molecule has 126 valence electrons. The number of esters is 1. The van der Waals surface area contributed by atoms with Crippen molar-refractivity contribution in [3.63, 3.8) is 0 Å². The molecule has 1 saturated heterocycles. The van der Waals surface area contributed by atoms with E-state index in [4.69, 9.17) is 9.47 Å². The Balaban J connectivity index is 2.18. The average Bonchev–Trinajstić information content (AvgIpc) is 2.53. The van der Waals surface area contributed by atoms with Crippen molar-refractivity contribution in [1.82, 2.24) is 4.90 Å². The lowest BCUT2D eigenvalue weighted by Gasteiger charge is -2.37. The molecule has 23 heavy (non-hydrogen) atoms. The lowest BCUT2D eigenvalue weighted by Crippen LogP contribution is -2.47. The number of amides is 1. The largest absolute Gasteiger partial charge is 0.469 e. The molecule has 5 heteroatoms. The molecule has 0 N–H and O–H groups in total. The summed E-state index contributed by atoms with van der Waals surface area (Å²) in [5.74, 6) is -0.507. The second-order valence-electron chi connectivity index (χ2n) is 6.95. The Kier molecular flexibility index (Phi) is 5.29. The van der Waals surface area contributed by atoms with Crippen molar-refractivity contribution in [2.45, 2.75) is 38.7 Å². The average molecular weight is 319 g/mol. The van der Waals surface area contributed by atoms with Gasteiger partial charge in [0.15, 0.2) is 0 Å². The highest BCUT2D eigenvalue weighted by molar-refractivity contribution is 5.75. The lowest BCUT2D eigenvalue weighted by atomic mass is 9.84. The first-order valence-corrected chi connectivity index (χ1v) is 7.91. The predicted octanol–water partition coefficient (Wildman–Crippen LogP) is 3.20. The summed E-state index contributed by atoms with van der Waals surface area (Å²) in [6.07, 6.45) is 0.294. The second-order valence-corrected chi connectivity index (χ2v) is 6.95. The molecule has 1 amide bonds. The van der Waals surface area contributed by atoms with Gasteiger partial charge in [0.05, 0.1) is 13.0 Å². The molecular weight excluding hydrogens is 294 g/mol. The molecule has 5 nitrogen and oxygen atoms in total. The van der Waals surface area contributed by atoms with Crippen LogP contribution in [0, 0.1) is 5.92 Å². The molecule has 2 rings (SSSR count). The van der Waals surface area contributed by atoms with Gasteiger partial charge in [-0.15, -0.1) is 0 Å². The fourth-order valence-corrected chi connectivity index (χ4v) is 2.88. The van der Waals surface area contributed by atoms with Crippen LogP contribution in [0.2, 0.25) is 0 Å². The number of rotatable bonds is 2. The quantitative estimate of drug-likeness (QED) is 0.786. The summed E-state index contributed by atoms with van der Waals surface area (Å²) in [5.41, 5.74) is 0.562. The van der Waals surface area contributed by atoms with Gasteiger partial charge in [-0.1, -0.05) is 30.3 Å². The Morgan fingerprint density at radius 3 is 2.35 bits per heavy atom. The number of carbonyl (C=O) groups excluding carboxylic acids is 2. The van der Waals surface area contributed by atoms with E-state index in [9.17, 15) is 9.59 Å². The maximum atomic E-state index is 12.4. The Hall–Kier alpha value is -2.04. The first kappa shape index (κ1) is 17.3. The zero-order valence-corrected chi connectivity index (χ0v) is 14.2. The summed E-state index contributed by atoms with van der Waals surface area (Å²) in [7, 11) is 1.38. The number of benzene rings is 1. The first-order chi connectivity index (χ1) is 10.8. The number of hydrogen-bond acceptors (Lipinski definition) is 4. The Morgan fingerprint density at radius 1 is 1.13 bits per heavy atom. The van der Waals surface area contributed by atoms with Crippen LogP contribution in [0.5, 0.6) is 0 Å². The van der Waals surface area contributed by atoms with E-state index in [1.54, 1.807) is 4.90 Å². The van der Waals surface area contributed by atoms with Crippen LogP contribution in [-0.2, 0) is 14.3 Å². The van der Waals surface area contributed by atoms with Crippen molar-refractivity contribution >= 4 is 12.1 Å². The van der Waals surface area contributed by atoms with E-state index >= 15 is 0 Å². The molecule has 0 aromatic heterocycles. The van der Waals surface area contributed by atoms with Crippen molar-refractivity contribution in [2.75, 3.05) is 20.2 Å². The molecule has 0 aliphatic carbocycles. The van der Waals surface area contributed by atoms with Crippen LogP contribution in [-0.4, -0.2) is 42.8 Å². The molecule has 1 fully saturated rings. The van der Waals surface area contributed by atoms with Crippen LogP contribution in [0.15, 0.2) is 30.3 Å². The maximum Gasteiger partial charge on any atom is 0.410 e. The van der Waals surface area contributed by atoms with Gasteiger partial charge >= 0.3 is 12.1 Å². The Morgan fingerprint density at radius 2 is 1.78 bits per heavy atom. The number of nitrogens with zero attached hydrogens (tertiary/aromatic N) is 1. The van der Waals surface area contributed by atoms with Crippen molar-refractivity contribution in [1.29, 1.82) is 0 Å². The summed E-state index contributed by atoms with van der Waals surface area (Å²) in [4.78, 5) is 26.0. The number of hydrogen-bond donors (Lipinski definition) is 0. The predicted molar refractivity (Wildman–Crippen MR) is 87.1 cm³/mol. The van der Waals surface area contributed by atoms with Crippen LogP contribution in [0.3, 0.4) is 0 Å². The van der Waals surface area contributed by atoms with Gasteiger partial charge in [0.1, 0.15) is 5.60 Å². The third-order valence-corrected chi connectivity index (χ3v) is 3.91. The molecular formula is C18H25NO4. The van der Waals surface area contributed by atoms with Crippen molar-refractivity contribution in [3.8, 4) is 0 Å². The van der Waals surface area contributed by atoms with Crippen LogP contribution in [0.1, 0.15) is 38.7 Å². The smallest absolute Gasteiger partial charge is 0.410 e. The minimum absolute atomic E-state index is 0.0987. The highest BCUT2D eigenvalue weighted by Crippen LogP contribution is 2.31. The van der Waals surface area contributed by atoms with Gasteiger partial charge in [0, 0.05) is 19.0 Å². The molecule has 2 atom stereocenters. The standard InChI is InChI=1S/C18H25NO4/c1-18(2,3)23-17(21)19-11-14(13-8-6-5-7-9-13)10-15(12-19)16(20)22-4/h5-9,14-15H,10-12H2,1-4H3.